The smallest absolute Gasteiger partial charge is 0.239 e. The van der Waals surface area contributed by atoms with E-state index in [9.17, 15) is 4.39 Å². The number of para-hydroxylation sites is 1. The van der Waals surface area contributed by atoms with Gasteiger partial charge in [0, 0.05) is 0 Å². The number of nitrogens with zero attached hydrogens (tertiary/aromatic N) is 2. The van der Waals surface area contributed by atoms with Crippen LogP contribution in [0.3, 0.4) is 0 Å². The molecule has 0 bridgehead atoms. The van der Waals surface area contributed by atoms with Crippen LogP contribution in [0.25, 0.3) is 0 Å². The van der Waals surface area contributed by atoms with Crippen molar-refractivity contribution in [1.29, 1.82) is 0 Å². The van der Waals surface area contributed by atoms with Gasteiger partial charge in [0.2, 0.25) is 5.88 Å². The molecule has 0 fully saturated rings. The third kappa shape index (κ3) is 2.51. The minimum Gasteiger partial charge on any atom is -0.435 e. The van der Waals surface area contributed by atoms with Crippen molar-refractivity contribution in [2.45, 2.75) is 0 Å². The summed E-state index contributed by atoms with van der Waals surface area (Å²) < 4.78 is 19.1. The van der Waals surface area contributed by atoms with Gasteiger partial charge in [0.1, 0.15) is 10.8 Å². The zero-order chi connectivity index (χ0) is 12.3. The number of hydrogen-bond acceptors (Lipinski definition) is 5. The summed E-state index contributed by atoms with van der Waals surface area (Å²) >= 11 is 3.21. The molecule has 7 heteroatoms. The third-order valence-corrected chi connectivity index (χ3v) is 2.65. The molecule has 3 N–H and O–H groups in total. The van der Waals surface area contributed by atoms with E-state index in [4.69, 9.17) is 10.6 Å². The number of hydrazine groups is 1. The molecule has 5 nitrogen and oxygen atoms in total. The SMILES string of the molecule is NNc1ncnc(Oc2ccccc2F)c1Br. The molecule has 2 rings (SSSR count). The Morgan fingerprint density at radius 2 is 2.06 bits per heavy atom. The van der Waals surface area contributed by atoms with E-state index in [1.165, 1.54) is 18.5 Å². The lowest BCUT2D eigenvalue weighted by Crippen LogP contribution is -2.10. The Morgan fingerprint density at radius 3 is 2.76 bits per heavy atom. The standard InChI is InChI=1S/C10H8BrFN4O/c11-8-9(16-13)14-5-15-10(8)17-7-4-2-1-3-6(7)12/h1-5H,13H2,(H,14,15,16). The fraction of sp³-hybridized carbons (Fsp3) is 0. The number of hydrogen-bond donors (Lipinski definition) is 2. The monoisotopic (exact) mass is 298 g/mol. The maximum absolute atomic E-state index is 13.4. The Bertz CT molecular complexity index is 537. The molecule has 0 aliphatic heterocycles. The summed E-state index contributed by atoms with van der Waals surface area (Å²) in [5, 5.41) is 0. The van der Waals surface area contributed by atoms with Crippen LogP contribution in [0.15, 0.2) is 35.1 Å². The van der Waals surface area contributed by atoms with Gasteiger partial charge in [-0.25, -0.2) is 20.2 Å². The predicted molar refractivity (Wildman–Crippen MR) is 64.0 cm³/mol. The third-order valence-electron chi connectivity index (χ3n) is 1.94. The van der Waals surface area contributed by atoms with E-state index in [1.54, 1.807) is 12.1 Å². The maximum atomic E-state index is 13.4. The van der Waals surface area contributed by atoms with Gasteiger partial charge in [-0.15, -0.1) is 0 Å². The van der Waals surface area contributed by atoms with Gasteiger partial charge in [0.25, 0.3) is 0 Å². The van der Waals surface area contributed by atoms with Crippen LogP contribution in [0.1, 0.15) is 0 Å². The molecular weight excluding hydrogens is 291 g/mol. The second-order valence-corrected chi connectivity index (χ2v) is 3.81. The van der Waals surface area contributed by atoms with Crippen molar-refractivity contribution in [2.24, 2.45) is 5.84 Å². The number of rotatable bonds is 3. The van der Waals surface area contributed by atoms with Crippen LogP contribution in [0, 0.1) is 5.82 Å². The topological polar surface area (TPSA) is 73.1 Å². The Morgan fingerprint density at radius 1 is 1.29 bits per heavy atom. The van der Waals surface area contributed by atoms with Crippen LogP contribution in [0.5, 0.6) is 11.6 Å². The van der Waals surface area contributed by atoms with E-state index >= 15 is 0 Å². The van der Waals surface area contributed by atoms with E-state index < -0.39 is 5.82 Å². The Labute approximate surface area is 105 Å². The van der Waals surface area contributed by atoms with Crippen molar-refractivity contribution >= 4 is 21.7 Å². The fourth-order valence-corrected chi connectivity index (χ4v) is 1.56. The minimum absolute atomic E-state index is 0.0786. The number of halogens is 2. The van der Waals surface area contributed by atoms with E-state index in [2.05, 4.69) is 31.3 Å². The first kappa shape index (κ1) is 11.7. The number of nitrogen functional groups attached to an aromatic ring is 1. The highest BCUT2D eigenvalue weighted by Gasteiger charge is 2.11. The van der Waals surface area contributed by atoms with Gasteiger partial charge in [-0.2, -0.15) is 0 Å². The van der Waals surface area contributed by atoms with Gasteiger partial charge in [-0.05, 0) is 28.1 Å². The molecule has 0 unspecified atom stereocenters. The molecule has 17 heavy (non-hydrogen) atoms. The number of ether oxygens (including phenoxy) is 1. The zero-order valence-corrected chi connectivity index (χ0v) is 10.1. The number of benzene rings is 1. The molecule has 88 valence electrons. The molecule has 1 aromatic heterocycles. The van der Waals surface area contributed by atoms with Gasteiger partial charge < -0.3 is 10.2 Å². The Kier molecular flexibility index (Phi) is 3.50. The highest BCUT2D eigenvalue weighted by Crippen LogP contribution is 2.32. The molecule has 0 aliphatic carbocycles. The summed E-state index contributed by atoms with van der Waals surface area (Å²) in [7, 11) is 0. The lowest BCUT2D eigenvalue weighted by atomic mass is 10.3. The highest BCUT2D eigenvalue weighted by molar-refractivity contribution is 9.10. The lowest BCUT2D eigenvalue weighted by molar-refractivity contribution is 0.424. The molecule has 0 saturated heterocycles. The summed E-state index contributed by atoms with van der Waals surface area (Å²) in [5.41, 5.74) is 2.36. The zero-order valence-electron chi connectivity index (χ0n) is 8.52. The van der Waals surface area contributed by atoms with Crippen LogP contribution < -0.4 is 16.0 Å². The predicted octanol–water partition coefficient (Wildman–Crippen LogP) is 2.46. The summed E-state index contributed by atoms with van der Waals surface area (Å²) in [6.45, 7) is 0. The lowest BCUT2D eigenvalue weighted by Gasteiger charge is -2.09. The molecule has 0 radical (unpaired) electrons. The number of anilines is 1. The van der Waals surface area contributed by atoms with Crippen molar-refractivity contribution in [1.82, 2.24) is 9.97 Å². The summed E-state index contributed by atoms with van der Waals surface area (Å²) in [4.78, 5) is 7.73. The number of aromatic nitrogens is 2. The molecule has 0 spiro atoms. The molecular formula is C10H8BrFN4O. The van der Waals surface area contributed by atoms with Crippen molar-refractivity contribution in [2.75, 3.05) is 5.43 Å². The second kappa shape index (κ2) is 5.07. The van der Waals surface area contributed by atoms with Gasteiger partial charge in [-0.1, -0.05) is 12.1 Å². The largest absolute Gasteiger partial charge is 0.435 e. The average Bonchev–Trinajstić information content (AvgIpc) is 2.34. The van der Waals surface area contributed by atoms with Crippen molar-refractivity contribution in [3.8, 4) is 11.6 Å². The summed E-state index contributed by atoms with van der Waals surface area (Å²) in [5.74, 6) is 5.38. The van der Waals surface area contributed by atoms with Gasteiger partial charge >= 0.3 is 0 Å². The van der Waals surface area contributed by atoms with Gasteiger partial charge in [-0.3, -0.25) is 0 Å². The van der Waals surface area contributed by atoms with Crippen LogP contribution >= 0.6 is 15.9 Å². The molecule has 0 atom stereocenters. The Balaban J connectivity index is 2.34. The van der Waals surface area contributed by atoms with Crippen LogP contribution in [-0.2, 0) is 0 Å². The first-order valence-electron chi connectivity index (χ1n) is 4.62. The second-order valence-electron chi connectivity index (χ2n) is 3.02. The van der Waals surface area contributed by atoms with E-state index in [0.29, 0.717) is 10.3 Å². The van der Waals surface area contributed by atoms with Crippen LogP contribution in [-0.4, -0.2) is 9.97 Å². The average molecular weight is 299 g/mol. The van der Waals surface area contributed by atoms with Crippen LogP contribution in [0.4, 0.5) is 10.2 Å². The molecule has 0 saturated carbocycles. The Hall–Kier alpha value is -1.73. The molecule has 0 amide bonds. The maximum Gasteiger partial charge on any atom is 0.239 e. The summed E-state index contributed by atoms with van der Waals surface area (Å²) in [6, 6.07) is 6.03. The molecule has 2 aromatic rings. The van der Waals surface area contributed by atoms with Crippen LogP contribution in [0.2, 0.25) is 0 Å². The number of nitrogens with one attached hydrogen (secondary N) is 1. The van der Waals surface area contributed by atoms with Gasteiger partial charge in [0.15, 0.2) is 17.4 Å². The van der Waals surface area contributed by atoms with E-state index in [0.717, 1.165) is 0 Å². The molecule has 1 aromatic carbocycles. The first-order chi connectivity index (χ1) is 8.22. The molecule has 0 aliphatic rings. The van der Waals surface area contributed by atoms with E-state index in [-0.39, 0.29) is 11.6 Å². The quantitative estimate of drug-likeness (QED) is 0.673. The highest BCUT2D eigenvalue weighted by atomic mass is 79.9. The van der Waals surface area contributed by atoms with Crippen molar-refractivity contribution in [3.05, 3.63) is 40.9 Å². The van der Waals surface area contributed by atoms with Crippen molar-refractivity contribution in [3.63, 3.8) is 0 Å². The van der Waals surface area contributed by atoms with E-state index in [1.807, 2.05) is 0 Å². The fourth-order valence-electron chi connectivity index (χ4n) is 1.16. The minimum atomic E-state index is -0.472. The first-order valence-corrected chi connectivity index (χ1v) is 5.41. The van der Waals surface area contributed by atoms with Gasteiger partial charge in [0.05, 0.1) is 0 Å². The molecule has 1 heterocycles. The normalized spacial score (nSPS) is 10.1. The van der Waals surface area contributed by atoms with Crippen molar-refractivity contribution < 1.29 is 9.13 Å². The summed E-state index contributed by atoms with van der Waals surface area (Å²) in [6.07, 6.45) is 1.26. The number of nitrogens with two attached hydrogens (primary N) is 1.